The van der Waals surface area contributed by atoms with Crippen LogP contribution in [0, 0.1) is 5.41 Å². The molecule has 10 heteroatoms. The zero-order valence-electron chi connectivity index (χ0n) is 24.2. The van der Waals surface area contributed by atoms with E-state index in [0.717, 1.165) is 77.0 Å². The largest absolute Gasteiger partial charge is 0.481 e. The van der Waals surface area contributed by atoms with Gasteiger partial charge >= 0.3 is 11.9 Å². The van der Waals surface area contributed by atoms with E-state index in [0.29, 0.717) is 52.5 Å². The Morgan fingerprint density at radius 1 is 0.564 bits per heavy atom. The monoisotopic (exact) mass is 560 g/mol. The molecule has 1 spiro atoms. The average Bonchev–Trinajstić information content (AvgIpc) is 2.93. The van der Waals surface area contributed by atoms with Crippen LogP contribution in [-0.2, 0) is 38.0 Å². The summed E-state index contributed by atoms with van der Waals surface area (Å²) in [6, 6.07) is 0. The molecule has 2 fully saturated rings. The van der Waals surface area contributed by atoms with Gasteiger partial charge in [0.05, 0.1) is 45.1 Å². The minimum absolute atomic E-state index is 0.251. The van der Waals surface area contributed by atoms with Crippen molar-refractivity contribution in [3.8, 4) is 0 Å². The Kier molecular flexibility index (Phi) is 15.8. The predicted molar refractivity (Wildman–Crippen MR) is 144 cm³/mol. The van der Waals surface area contributed by atoms with Crippen molar-refractivity contribution in [1.82, 2.24) is 0 Å². The third kappa shape index (κ3) is 12.8. The van der Waals surface area contributed by atoms with Crippen LogP contribution in [0.25, 0.3) is 0 Å². The number of ether oxygens (including phenoxy) is 6. The van der Waals surface area contributed by atoms with Gasteiger partial charge in [0.1, 0.15) is 0 Å². The minimum Gasteiger partial charge on any atom is -0.481 e. The molecular weight excluding hydrogens is 508 g/mol. The molecule has 0 aromatic carbocycles. The smallest absolute Gasteiger partial charge is 0.303 e. The van der Waals surface area contributed by atoms with Crippen LogP contribution in [0.3, 0.4) is 0 Å². The molecule has 2 aliphatic heterocycles. The Bertz CT molecular complexity index is 620. The van der Waals surface area contributed by atoms with Crippen LogP contribution in [0.2, 0.25) is 0 Å². The number of unbranched alkanes of at least 4 members (excludes halogenated alkanes) is 10. The summed E-state index contributed by atoms with van der Waals surface area (Å²) in [6.07, 6.45) is 13.2. The summed E-state index contributed by atoms with van der Waals surface area (Å²) in [7, 11) is 0. The predicted octanol–water partition coefficient (Wildman–Crippen LogP) is 5.86. The van der Waals surface area contributed by atoms with E-state index in [1.165, 1.54) is 0 Å². The van der Waals surface area contributed by atoms with Gasteiger partial charge in [-0.2, -0.15) is 0 Å². The molecular formula is C29H52O10. The van der Waals surface area contributed by atoms with Crippen LogP contribution in [0.1, 0.15) is 117 Å². The highest BCUT2D eigenvalue weighted by Crippen LogP contribution is 2.39. The Hall–Kier alpha value is -1.30. The standard InChI is InChI=1S/C29H52O10/c1-3-28(34-19-15-11-7-5-9-13-17-25(30)31)36-21-27(22-37-28)23-38-29(4-2,39-24-27)35-20-16-12-8-6-10-14-18-26(32)33/h3-24H2,1-2H3,(H,30,31)(H,32,33). The lowest BCUT2D eigenvalue weighted by Crippen LogP contribution is -2.60. The molecule has 228 valence electrons. The van der Waals surface area contributed by atoms with E-state index in [-0.39, 0.29) is 12.8 Å². The number of hydrogen-bond donors (Lipinski definition) is 2. The lowest BCUT2D eigenvalue weighted by atomic mass is 9.90. The van der Waals surface area contributed by atoms with Gasteiger partial charge in [0.25, 0.3) is 11.9 Å². The highest BCUT2D eigenvalue weighted by molar-refractivity contribution is 5.66. The third-order valence-corrected chi connectivity index (χ3v) is 7.47. The summed E-state index contributed by atoms with van der Waals surface area (Å²) in [5, 5.41) is 17.4. The third-order valence-electron chi connectivity index (χ3n) is 7.47. The molecule has 0 atom stereocenters. The molecule has 39 heavy (non-hydrogen) atoms. The van der Waals surface area contributed by atoms with E-state index in [1.807, 2.05) is 13.8 Å². The van der Waals surface area contributed by atoms with Gasteiger partial charge in [-0.25, -0.2) is 0 Å². The maximum atomic E-state index is 10.6. The molecule has 10 nitrogen and oxygen atoms in total. The molecule has 0 aliphatic carbocycles. The van der Waals surface area contributed by atoms with Gasteiger partial charge in [-0.05, 0) is 25.7 Å². The first-order valence-electron chi connectivity index (χ1n) is 15.1. The molecule has 0 aromatic heterocycles. The maximum Gasteiger partial charge on any atom is 0.303 e. The van der Waals surface area contributed by atoms with Crippen molar-refractivity contribution in [3.05, 3.63) is 0 Å². The van der Waals surface area contributed by atoms with Crippen molar-refractivity contribution in [3.63, 3.8) is 0 Å². The summed E-state index contributed by atoms with van der Waals surface area (Å²) in [6.45, 7) is 6.77. The molecule has 2 saturated heterocycles. The topological polar surface area (TPSA) is 130 Å². The number of carboxylic acids is 2. The van der Waals surface area contributed by atoms with Crippen LogP contribution >= 0.6 is 0 Å². The fourth-order valence-corrected chi connectivity index (χ4v) is 4.79. The highest BCUT2D eigenvalue weighted by Gasteiger charge is 2.51. The number of carboxylic acid groups (broad SMARTS) is 2. The summed E-state index contributed by atoms with van der Waals surface area (Å²) in [5.74, 6) is -3.51. The van der Waals surface area contributed by atoms with E-state index in [4.69, 9.17) is 38.6 Å². The highest BCUT2D eigenvalue weighted by atomic mass is 16.9. The Balaban J connectivity index is 1.60. The lowest BCUT2D eigenvalue weighted by Gasteiger charge is -2.50. The second-order valence-electron chi connectivity index (χ2n) is 11.0. The van der Waals surface area contributed by atoms with Crippen LogP contribution in [0.4, 0.5) is 0 Å². The molecule has 0 radical (unpaired) electrons. The van der Waals surface area contributed by atoms with Gasteiger partial charge in [-0.15, -0.1) is 0 Å². The molecule has 0 aromatic rings. The van der Waals surface area contributed by atoms with Crippen molar-refractivity contribution >= 4 is 11.9 Å². The van der Waals surface area contributed by atoms with Crippen LogP contribution in [0.5, 0.6) is 0 Å². The van der Waals surface area contributed by atoms with Gasteiger partial charge in [-0.1, -0.05) is 65.2 Å². The van der Waals surface area contributed by atoms with E-state index < -0.39 is 29.3 Å². The van der Waals surface area contributed by atoms with Crippen molar-refractivity contribution in [2.75, 3.05) is 39.6 Å². The molecule has 0 saturated carbocycles. The second kappa shape index (κ2) is 18.2. The summed E-state index contributed by atoms with van der Waals surface area (Å²) < 4.78 is 36.6. The molecule has 2 N–H and O–H groups in total. The lowest BCUT2D eigenvalue weighted by molar-refractivity contribution is -0.465. The average molecular weight is 561 g/mol. The number of carbonyl (C=O) groups is 2. The Morgan fingerprint density at radius 2 is 0.872 bits per heavy atom. The first-order chi connectivity index (χ1) is 18.8. The van der Waals surface area contributed by atoms with Crippen molar-refractivity contribution in [1.29, 1.82) is 0 Å². The van der Waals surface area contributed by atoms with Gasteiger partial charge in [-0.3, -0.25) is 9.59 Å². The van der Waals surface area contributed by atoms with Crippen LogP contribution in [-0.4, -0.2) is 73.7 Å². The fraction of sp³-hybridized carbons (Fsp3) is 0.931. The van der Waals surface area contributed by atoms with Crippen LogP contribution < -0.4 is 0 Å². The van der Waals surface area contributed by atoms with Crippen molar-refractivity contribution in [2.45, 2.75) is 129 Å². The SMILES string of the molecule is CCC1(OCCCCCCCCC(=O)O)OCC2(CO1)COC(CC)(OCCCCCCCCC(=O)O)OC2. The van der Waals surface area contributed by atoms with Gasteiger partial charge in [0.15, 0.2) is 0 Å². The molecule has 2 aliphatic rings. The van der Waals surface area contributed by atoms with Crippen LogP contribution in [0.15, 0.2) is 0 Å². The van der Waals surface area contributed by atoms with E-state index in [1.54, 1.807) is 0 Å². The zero-order valence-corrected chi connectivity index (χ0v) is 24.2. The maximum absolute atomic E-state index is 10.6. The first-order valence-corrected chi connectivity index (χ1v) is 15.1. The van der Waals surface area contributed by atoms with Gasteiger partial charge in [0, 0.05) is 25.7 Å². The second-order valence-corrected chi connectivity index (χ2v) is 11.0. The summed E-state index contributed by atoms with van der Waals surface area (Å²) >= 11 is 0. The molecule has 0 bridgehead atoms. The minimum atomic E-state index is -1.03. The first kappa shape index (κ1) is 33.9. The zero-order chi connectivity index (χ0) is 28.5. The quantitative estimate of drug-likeness (QED) is 0.155. The van der Waals surface area contributed by atoms with E-state index in [9.17, 15) is 9.59 Å². The molecule has 2 rings (SSSR count). The van der Waals surface area contributed by atoms with Crippen molar-refractivity contribution in [2.24, 2.45) is 5.41 Å². The Morgan fingerprint density at radius 3 is 1.18 bits per heavy atom. The normalized spacial score (nSPS) is 27.1. The van der Waals surface area contributed by atoms with Crippen molar-refractivity contribution < 1.29 is 48.2 Å². The molecule has 0 unspecified atom stereocenters. The van der Waals surface area contributed by atoms with E-state index in [2.05, 4.69) is 0 Å². The number of aliphatic carboxylic acids is 2. The summed E-state index contributed by atoms with van der Waals surface area (Å²) in [4.78, 5) is 21.1. The number of hydrogen-bond acceptors (Lipinski definition) is 8. The van der Waals surface area contributed by atoms with Gasteiger partial charge in [0.2, 0.25) is 0 Å². The van der Waals surface area contributed by atoms with E-state index >= 15 is 0 Å². The fourth-order valence-electron chi connectivity index (χ4n) is 4.79. The Labute approximate surface area is 234 Å². The number of rotatable bonds is 22. The summed E-state index contributed by atoms with van der Waals surface area (Å²) in [5.41, 5.74) is -0.393. The van der Waals surface area contributed by atoms with Gasteiger partial charge < -0.3 is 38.6 Å². The molecule has 0 amide bonds. The molecule has 2 heterocycles.